The highest BCUT2D eigenvalue weighted by atomic mass is 16.6. The van der Waals surface area contributed by atoms with Crippen molar-refractivity contribution in [1.29, 1.82) is 0 Å². The van der Waals surface area contributed by atoms with Gasteiger partial charge in [-0.1, -0.05) is 5.11 Å². The SMILES string of the molecule is [N-]=[N+]=NC[C@@]1(n2cnc3c(N)ncnc32)O[C@H](CO)[C@@H](O)[C@H]1O. The molecule has 0 bridgehead atoms. The molecule has 0 aromatic carbocycles. The van der Waals surface area contributed by atoms with Crippen LogP contribution in [-0.4, -0.2) is 66.3 Å². The van der Waals surface area contributed by atoms with Crippen molar-refractivity contribution in [3.05, 3.63) is 23.1 Å². The summed E-state index contributed by atoms with van der Waals surface area (Å²) in [5, 5.41) is 33.2. The third-order valence-corrected chi connectivity index (χ3v) is 3.83. The Morgan fingerprint density at radius 3 is 2.87 bits per heavy atom. The molecule has 1 fully saturated rings. The summed E-state index contributed by atoms with van der Waals surface area (Å²) in [6.07, 6.45) is -1.43. The van der Waals surface area contributed by atoms with Crippen molar-refractivity contribution in [3.8, 4) is 0 Å². The summed E-state index contributed by atoms with van der Waals surface area (Å²) in [4.78, 5) is 14.6. The number of hydrogen-bond acceptors (Lipinski definition) is 9. The van der Waals surface area contributed by atoms with Crippen LogP contribution in [-0.2, 0) is 10.5 Å². The molecule has 4 atom stereocenters. The molecule has 2 aromatic heterocycles. The third-order valence-electron chi connectivity index (χ3n) is 3.83. The van der Waals surface area contributed by atoms with Crippen LogP contribution in [0.1, 0.15) is 0 Å². The first-order valence-corrected chi connectivity index (χ1v) is 6.65. The van der Waals surface area contributed by atoms with Crippen LogP contribution in [0.3, 0.4) is 0 Å². The Bertz CT molecular complexity index is 774. The summed E-state index contributed by atoms with van der Waals surface area (Å²) in [7, 11) is 0. The third kappa shape index (κ3) is 2.17. The molecule has 23 heavy (non-hydrogen) atoms. The summed E-state index contributed by atoms with van der Waals surface area (Å²) in [6.45, 7) is -0.881. The number of azide groups is 1. The number of aliphatic hydroxyl groups excluding tert-OH is 3. The lowest BCUT2D eigenvalue weighted by Gasteiger charge is -2.32. The maximum atomic E-state index is 10.4. The molecule has 0 spiro atoms. The minimum absolute atomic E-state index is 0.124. The molecule has 0 saturated carbocycles. The Kier molecular flexibility index (Phi) is 3.75. The fourth-order valence-electron chi connectivity index (χ4n) is 2.69. The van der Waals surface area contributed by atoms with Crippen LogP contribution < -0.4 is 5.73 Å². The largest absolute Gasteiger partial charge is 0.394 e. The monoisotopic (exact) mass is 322 g/mol. The highest BCUT2D eigenvalue weighted by Crippen LogP contribution is 2.38. The Morgan fingerprint density at radius 2 is 2.22 bits per heavy atom. The van der Waals surface area contributed by atoms with Crippen LogP contribution in [0.25, 0.3) is 21.6 Å². The van der Waals surface area contributed by atoms with Gasteiger partial charge in [-0.3, -0.25) is 4.57 Å². The van der Waals surface area contributed by atoms with Crippen LogP contribution in [0.2, 0.25) is 0 Å². The van der Waals surface area contributed by atoms with Crippen molar-refractivity contribution in [2.75, 3.05) is 18.9 Å². The molecule has 3 heterocycles. The fourth-order valence-corrected chi connectivity index (χ4v) is 2.69. The predicted molar refractivity (Wildman–Crippen MR) is 75.7 cm³/mol. The standard InChI is InChI=1S/C11H14N8O4/c12-9-6-10(15-3-14-9)19(4-16-6)11(2-17-18-13)8(22)7(21)5(1-20)23-11/h3-5,7-8,20-22H,1-2H2,(H2,12,14,15)/t5-,7-,8-,11-/m1/s1. The lowest BCUT2D eigenvalue weighted by atomic mass is 10.0. The quantitative estimate of drug-likeness (QED) is 0.296. The maximum absolute atomic E-state index is 10.4. The van der Waals surface area contributed by atoms with E-state index in [0.29, 0.717) is 0 Å². The maximum Gasteiger partial charge on any atom is 0.182 e. The summed E-state index contributed by atoms with van der Waals surface area (Å²) in [6, 6.07) is 0. The first kappa shape index (κ1) is 15.4. The average molecular weight is 322 g/mol. The van der Waals surface area contributed by atoms with Crippen LogP contribution in [0.15, 0.2) is 17.8 Å². The summed E-state index contributed by atoms with van der Waals surface area (Å²) in [5.74, 6) is 0.124. The summed E-state index contributed by atoms with van der Waals surface area (Å²) < 4.78 is 6.94. The molecule has 1 saturated heterocycles. The van der Waals surface area contributed by atoms with Gasteiger partial charge in [-0.05, 0) is 5.53 Å². The Morgan fingerprint density at radius 1 is 1.43 bits per heavy atom. The highest BCUT2D eigenvalue weighted by molar-refractivity contribution is 5.81. The minimum atomic E-state index is -1.67. The molecule has 0 radical (unpaired) electrons. The van der Waals surface area contributed by atoms with E-state index < -0.39 is 30.6 Å². The molecule has 12 heteroatoms. The number of rotatable bonds is 4. The van der Waals surface area contributed by atoms with Gasteiger partial charge in [0.1, 0.15) is 30.2 Å². The fraction of sp³-hybridized carbons (Fsp3) is 0.545. The highest BCUT2D eigenvalue weighted by Gasteiger charge is 2.55. The van der Waals surface area contributed by atoms with Gasteiger partial charge in [0.15, 0.2) is 17.2 Å². The van der Waals surface area contributed by atoms with Gasteiger partial charge >= 0.3 is 0 Å². The zero-order chi connectivity index (χ0) is 16.6. The second kappa shape index (κ2) is 5.61. The van der Waals surface area contributed by atoms with E-state index in [4.69, 9.17) is 16.0 Å². The predicted octanol–water partition coefficient (Wildman–Crippen LogP) is -1.52. The van der Waals surface area contributed by atoms with Gasteiger partial charge in [-0.25, -0.2) is 15.0 Å². The molecule has 5 N–H and O–H groups in total. The molecule has 0 amide bonds. The molecule has 1 aliphatic rings. The van der Waals surface area contributed by atoms with E-state index in [1.807, 2.05) is 0 Å². The number of imidazole rings is 1. The molecule has 12 nitrogen and oxygen atoms in total. The number of nitrogens with zero attached hydrogens (tertiary/aromatic N) is 7. The van der Waals surface area contributed by atoms with Gasteiger partial charge < -0.3 is 25.8 Å². The van der Waals surface area contributed by atoms with Crippen molar-refractivity contribution in [2.24, 2.45) is 5.11 Å². The van der Waals surface area contributed by atoms with Crippen LogP contribution in [0, 0.1) is 0 Å². The number of nitrogens with two attached hydrogens (primary N) is 1. The van der Waals surface area contributed by atoms with Crippen LogP contribution in [0.4, 0.5) is 5.82 Å². The summed E-state index contributed by atoms with van der Waals surface area (Å²) >= 11 is 0. The van der Waals surface area contributed by atoms with Crippen molar-refractivity contribution in [1.82, 2.24) is 19.5 Å². The van der Waals surface area contributed by atoms with Crippen LogP contribution in [0.5, 0.6) is 0 Å². The van der Waals surface area contributed by atoms with E-state index in [9.17, 15) is 15.3 Å². The number of ether oxygens (including phenoxy) is 1. The molecular formula is C11H14N8O4. The molecule has 0 unspecified atom stereocenters. The summed E-state index contributed by atoms with van der Waals surface area (Å²) in [5.41, 5.74) is 13.2. The second-order valence-electron chi connectivity index (χ2n) is 5.05. The molecular weight excluding hydrogens is 308 g/mol. The number of fused-ring (bicyclic) bond motifs is 1. The lowest BCUT2D eigenvalue weighted by molar-refractivity contribution is -0.138. The van der Waals surface area contributed by atoms with E-state index in [2.05, 4.69) is 25.0 Å². The van der Waals surface area contributed by atoms with Gasteiger partial charge in [-0.15, -0.1) is 0 Å². The van der Waals surface area contributed by atoms with Crippen molar-refractivity contribution >= 4 is 17.0 Å². The van der Waals surface area contributed by atoms with Gasteiger partial charge in [0.05, 0.1) is 19.5 Å². The topological polar surface area (TPSA) is 188 Å². The van der Waals surface area contributed by atoms with Crippen molar-refractivity contribution in [3.63, 3.8) is 0 Å². The Labute approximate surface area is 128 Å². The molecule has 3 rings (SSSR count). The number of nitrogen functional groups attached to an aromatic ring is 1. The van der Waals surface area contributed by atoms with E-state index in [0.717, 1.165) is 0 Å². The molecule has 1 aliphatic heterocycles. The van der Waals surface area contributed by atoms with Crippen molar-refractivity contribution < 1.29 is 20.1 Å². The van der Waals surface area contributed by atoms with Gasteiger partial charge in [0.2, 0.25) is 0 Å². The van der Waals surface area contributed by atoms with E-state index in [-0.39, 0.29) is 23.5 Å². The molecule has 122 valence electrons. The molecule has 2 aromatic rings. The average Bonchev–Trinajstić information content (AvgIpc) is 3.09. The van der Waals surface area contributed by atoms with E-state index in [1.165, 1.54) is 17.2 Å². The number of anilines is 1. The van der Waals surface area contributed by atoms with E-state index in [1.54, 1.807) is 0 Å². The number of hydrogen-bond donors (Lipinski definition) is 4. The first-order valence-electron chi connectivity index (χ1n) is 6.65. The Hall–Kier alpha value is -2.50. The van der Waals surface area contributed by atoms with Gasteiger partial charge in [-0.2, -0.15) is 0 Å². The van der Waals surface area contributed by atoms with E-state index >= 15 is 0 Å². The zero-order valence-corrected chi connectivity index (χ0v) is 11.8. The Balaban J connectivity index is 2.19. The zero-order valence-electron chi connectivity index (χ0n) is 11.8. The second-order valence-corrected chi connectivity index (χ2v) is 5.05. The van der Waals surface area contributed by atoms with Crippen molar-refractivity contribution in [2.45, 2.75) is 24.0 Å². The normalized spacial score (nSPS) is 30.5. The minimum Gasteiger partial charge on any atom is -0.394 e. The van der Waals surface area contributed by atoms with Gasteiger partial charge in [0, 0.05) is 4.91 Å². The van der Waals surface area contributed by atoms with Crippen LogP contribution >= 0.6 is 0 Å². The smallest absolute Gasteiger partial charge is 0.182 e. The molecule has 0 aliphatic carbocycles. The number of aromatic nitrogens is 4. The van der Waals surface area contributed by atoms with Gasteiger partial charge in [0.25, 0.3) is 0 Å². The first-order chi connectivity index (χ1) is 11.0. The lowest BCUT2D eigenvalue weighted by Crippen LogP contribution is -2.47. The number of aliphatic hydroxyl groups is 3.